The molecular formula is C20H19ClN4O3. The number of fused-ring (bicyclic) bond motifs is 2. The van der Waals surface area contributed by atoms with Gasteiger partial charge in [-0.2, -0.15) is 5.10 Å². The fourth-order valence-electron chi connectivity index (χ4n) is 3.78. The third kappa shape index (κ3) is 2.91. The maximum absolute atomic E-state index is 13.0. The van der Waals surface area contributed by atoms with Gasteiger partial charge in [-0.05, 0) is 43.0 Å². The van der Waals surface area contributed by atoms with Crippen molar-refractivity contribution >= 4 is 28.4 Å². The zero-order valence-corrected chi connectivity index (χ0v) is 15.8. The lowest BCUT2D eigenvalue weighted by molar-refractivity contribution is 0.0704. The zero-order chi connectivity index (χ0) is 19.4. The molecule has 3 aromatic rings. The van der Waals surface area contributed by atoms with E-state index < -0.39 is 6.10 Å². The number of benzene rings is 1. The third-order valence-corrected chi connectivity index (χ3v) is 5.78. The highest BCUT2D eigenvalue weighted by molar-refractivity contribution is 6.31. The average molecular weight is 399 g/mol. The van der Waals surface area contributed by atoms with Gasteiger partial charge in [0, 0.05) is 23.2 Å². The lowest BCUT2D eigenvalue weighted by Gasteiger charge is -2.27. The minimum absolute atomic E-state index is 0.112. The Morgan fingerprint density at radius 2 is 2.11 bits per heavy atom. The number of aliphatic hydroxyl groups is 1. The highest BCUT2D eigenvalue weighted by Gasteiger charge is 2.34. The van der Waals surface area contributed by atoms with Crippen LogP contribution in [0, 0.1) is 5.92 Å². The second-order valence-corrected chi connectivity index (χ2v) is 7.95. The summed E-state index contributed by atoms with van der Waals surface area (Å²) < 4.78 is 1.84. The van der Waals surface area contributed by atoms with Gasteiger partial charge < -0.3 is 15.0 Å². The fourth-order valence-corrected chi connectivity index (χ4v) is 3.96. The summed E-state index contributed by atoms with van der Waals surface area (Å²) >= 11 is 5.97. The number of halogens is 1. The number of rotatable bonds is 3. The minimum Gasteiger partial charge on any atom is -0.386 e. The summed E-state index contributed by atoms with van der Waals surface area (Å²) in [6.45, 7) is 1.37. The molecule has 28 heavy (non-hydrogen) atoms. The fraction of sp³-hybridized carbons (Fsp3) is 0.350. The first-order valence-electron chi connectivity index (χ1n) is 9.36. The van der Waals surface area contributed by atoms with Gasteiger partial charge in [-0.1, -0.05) is 11.6 Å². The van der Waals surface area contributed by atoms with Gasteiger partial charge in [-0.15, -0.1) is 0 Å². The Hall–Kier alpha value is -2.64. The molecule has 1 aliphatic carbocycles. The van der Waals surface area contributed by atoms with Crippen molar-refractivity contribution in [1.82, 2.24) is 19.7 Å². The zero-order valence-electron chi connectivity index (χ0n) is 15.1. The van der Waals surface area contributed by atoms with E-state index in [1.165, 1.54) is 6.20 Å². The molecule has 8 heteroatoms. The Morgan fingerprint density at radius 1 is 1.29 bits per heavy atom. The molecule has 1 fully saturated rings. The maximum Gasteiger partial charge on any atom is 0.259 e. The summed E-state index contributed by atoms with van der Waals surface area (Å²) in [7, 11) is 0. The van der Waals surface area contributed by atoms with E-state index in [1.54, 1.807) is 23.1 Å². The maximum atomic E-state index is 13.0. The molecular weight excluding hydrogens is 380 g/mol. The molecule has 7 nitrogen and oxygen atoms in total. The molecule has 1 aromatic carbocycles. The van der Waals surface area contributed by atoms with Gasteiger partial charge >= 0.3 is 0 Å². The molecule has 1 amide bonds. The van der Waals surface area contributed by atoms with Crippen LogP contribution in [0.3, 0.4) is 0 Å². The van der Waals surface area contributed by atoms with Crippen LogP contribution in [0.25, 0.3) is 10.9 Å². The molecule has 0 spiro atoms. The Morgan fingerprint density at radius 3 is 2.89 bits per heavy atom. The number of aromatic amines is 1. The minimum atomic E-state index is -0.530. The number of H-pyrrole nitrogens is 1. The number of nitrogens with one attached hydrogen (secondary N) is 1. The van der Waals surface area contributed by atoms with Crippen molar-refractivity contribution in [2.75, 3.05) is 6.54 Å². The highest BCUT2D eigenvalue weighted by Crippen LogP contribution is 2.40. The van der Waals surface area contributed by atoms with Crippen molar-refractivity contribution in [3.05, 3.63) is 62.7 Å². The standard InChI is InChI=1S/C20H19ClN4O3/c21-12-3-4-14-16(7-12)22-9-15(19(14)27)20(28)24-5-6-25-13(10-24)8-17(23-25)18(26)11-1-2-11/h3-4,7-9,11,18,26H,1-2,5-6,10H2,(H,22,27)/t18-/m1/s1. The van der Waals surface area contributed by atoms with Crippen molar-refractivity contribution in [2.24, 2.45) is 5.92 Å². The molecule has 1 atom stereocenters. The molecule has 0 bridgehead atoms. The van der Waals surface area contributed by atoms with Crippen LogP contribution in [0.15, 0.2) is 35.3 Å². The van der Waals surface area contributed by atoms with Gasteiger partial charge in [0.25, 0.3) is 5.91 Å². The SMILES string of the molecule is O=C(c1c[nH]c2cc(Cl)ccc2c1=O)N1CCn2nc([C@H](O)C3CC3)cc2C1. The van der Waals surface area contributed by atoms with Crippen molar-refractivity contribution in [1.29, 1.82) is 0 Å². The predicted molar refractivity (Wildman–Crippen MR) is 104 cm³/mol. The second kappa shape index (κ2) is 6.46. The molecule has 0 saturated heterocycles. The van der Waals surface area contributed by atoms with Gasteiger partial charge in [0.2, 0.25) is 5.43 Å². The molecule has 3 heterocycles. The average Bonchev–Trinajstić information content (AvgIpc) is 3.45. The van der Waals surface area contributed by atoms with Crippen LogP contribution in [0.5, 0.6) is 0 Å². The van der Waals surface area contributed by atoms with E-state index in [4.69, 9.17) is 11.6 Å². The number of carbonyl (C=O) groups is 1. The largest absolute Gasteiger partial charge is 0.386 e. The normalized spacial score (nSPS) is 17.6. The van der Waals surface area contributed by atoms with E-state index in [0.717, 1.165) is 18.5 Å². The second-order valence-electron chi connectivity index (χ2n) is 7.51. The van der Waals surface area contributed by atoms with Gasteiger partial charge in [0.15, 0.2) is 0 Å². The number of aliphatic hydroxyl groups excluding tert-OH is 1. The number of carbonyl (C=O) groups excluding carboxylic acids is 1. The monoisotopic (exact) mass is 398 g/mol. The summed E-state index contributed by atoms with van der Waals surface area (Å²) in [6.07, 6.45) is 2.99. The number of hydrogen-bond donors (Lipinski definition) is 2. The lowest BCUT2D eigenvalue weighted by Crippen LogP contribution is -2.40. The van der Waals surface area contributed by atoms with Crippen LogP contribution < -0.4 is 5.43 Å². The van der Waals surface area contributed by atoms with Crippen molar-refractivity contribution < 1.29 is 9.90 Å². The summed E-state index contributed by atoms with van der Waals surface area (Å²) in [6, 6.07) is 6.80. The van der Waals surface area contributed by atoms with E-state index in [0.29, 0.717) is 47.2 Å². The van der Waals surface area contributed by atoms with Crippen molar-refractivity contribution in [3.63, 3.8) is 0 Å². The number of amides is 1. The summed E-state index contributed by atoms with van der Waals surface area (Å²) in [5.41, 5.74) is 1.95. The van der Waals surface area contributed by atoms with E-state index in [1.807, 2.05) is 10.7 Å². The first-order chi connectivity index (χ1) is 13.5. The Balaban J connectivity index is 1.42. The molecule has 2 aliphatic rings. The summed E-state index contributed by atoms with van der Waals surface area (Å²) in [5, 5.41) is 15.8. The Labute approximate surface area is 165 Å². The summed E-state index contributed by atoms with van der Waals surface area (Å²) in [5.74, 6) is -0.00538. The molecule has 0 radical (unpaired) electrons. The number of aromatic nitrogens is 3. The van der Waals surface area contributed by atoms with Gasteiger partial charge in [0.05, 0.1) is 30.0 Å². The van der Waals surface area contributed by atoms with Crippen molar-refractivity contribution in [3.8, 4) is 0 Å². The van der Waals surface area contributed by atoms with Crippen LogP contribution >= 0.6 is 11.6 Å². The first-order valence-corrected chi connectivity index (χ1v) is 9.74. The molecule has 1 aliphatic heterocycles. The van der Waals surface area contributed by atoms with E-state index in [2.05, 4.69) is 10.1 Å². The van der Waals surface area contributed by atoms with Gasteiger partial charge in [-0.3, -0.25) is 14.3 Å². The highest BCUT2D eigenvalue weighted by atomic mass is 35.5. The first kappa shape index (κ1) is 17.5. The Kier molecular flexibility index (Phi) is 4.03. The number of hydrogen-bond acceptors (Lipinski definition) is 4. The van der Waals surface area contributed by atoms with E-state index >= 15 is 0 Å². The van der Waals surface area contributed by atoms with E-state index in [-0.39, 0.29) is 16.9 Å². The summed E-state index contributed by atoms with van der Waals surface area (Å²) in [4.78, 5) is 30.4. The quantitative estimate of drug-likeness (QED) is 0.709. The van der Waals surface area contributed by atoms with Crippen LogP contribution in [-0.4, -0.2) is 37.2 Å². The third-order valence-electron chi connectivity index (χ3n) is 5.55. The Bertz CT molecular complexity index is 1150. The molecule has 5 rings (SSSR count). The van der Waals surface area contributed by atoms with Gasteiger partial charge in [-0.25, -0.2) is 0 Å². The predicted octanol–water partition coefficient (Wildman–Crippen LogP) is 2.48. The smallest absolute Gasteiger partial charge is 0.259 e. The molecule has 144 valence electrons. The molecule has 2 aromatic heterocycles. The molecule has 0 unspecified atom stereocenters. The molecule has 1 saturated carbocycles. The topological polar surface area (TPSA) is 91.2 Å². The van der Waals surface area contributed by atoms with Crippen molar-refractivity contribution in [2.45, 2.75) is 32.0 Å². The molecule has 2 N–H and O–H groups in total. The van der Waals surface area contributed by atoms with Crippen LogP contribution in [-0.2, 0) is 13.1 Å². The van der Waals surface area contributed by atoms with Gasteiger partial charge in [0.1, 0.15) is 11.7 Å². The van der Waals surface area contributed by atoms with Crippen LogP contribution in [0.1, 0.15) is 40.7 Å². The lowest BCUT2D eigenvalue weighted by atomic mass is 10.1. The van der Waals surface area contributed by atoms with Crippen LogP contribution in [0.4, 0.5) is 0 Å². The number of nitrogens with zero attached hydrogens (tertiary/aromatic N) is 3. The number of pyridine rings is 1. The van der Waals surface area contributed by atoms with E-state index in [9.17, 15) is 14.7 Å². The van der Waals surface area contributed by atoms with Crippen LogP contribution in [0.2, 0.25) is 5.02 Å².